The predicted molar refractivity (Wildman–Crippen MR) is 66.6 cm³/mol. The summed E-state index contributed by atoms with van der Waals surface area (Å²) in [5.74, 6) is -0.528. The fraction of sp³-hybridized carbons (Fsp3) is 0.600. The van der Waals surface area contributed by atoms with Crippen LogP contribution in [0.25, 0.3) is 0 Å². The van der Waals surface area contributed by atoms with Gasteiger partial charge in [0.25, 0.3) is 5.91 Å². The fourth-order valence-electron chi connectivity index (χ4n) is 1.57. The molecule has 0 fully saturated rings. The first-order valence-electron chi connectivity index (χ1n) is 5.80. The normalized spacial score (nSPS) is 11.5. The summed E-state index contributed by atoms with van der Waals surface area (Å²) in [6.45, 7) is 4.25. The highest BCUT2D eigenvalue weighted by Crippen LogP contribution is 2.18. The molecule has 0 aliphatic heterocycles. The van der Waals surface area contributed by atoms with Crippen molar-refractivity contribution in [1.29, 1.82) is 0 Å². The average molecular weight is 274 g/mol. The van der Waals surface area contributed by atoms with E-state index in [-0.39, 0.29) is 10.6 Å². The maximum absolute atomic E-state index is 11.8. The van der Waals surface area contributed by atoms with Crippen LogP contribution in [-0.2, 0) is 16.4 Å². The summed E-state index contributed by atoms with van der Waals surface area (Å²) in [7, 11) is -3.97. The summed E-state index contributed by atoms with van der Waals surface area (Å²) in [4.78, 5) is 11.6. The van der Waals surface area contributed by atoms with Gasteiger partial charge in [0.15, 0.2) is 5.69 Å². The zero-order chi connectivity index (χ0) is 13.8. The van der Waals surface area contributed by atoms with E-state index in [0.717, 1.165) is 12.8 Å². The molecular weight excluding hydrogens is 256 g/mol. The molecule has 1 rings (SSSR count). The van der Waals surface area contributed by atoms with Gasteiger partial charge in [-0.1, -0.05) is 20.3 Å². The molecule has 0 unspecified atom stereocenters. The van der Waals surface area contributed by atoms with Crippen molar-refractivity contribution in [2.45, 2.75) is 38.0 Å². The molecule has 18 heavy (non-hydrogen) atoms. The number of hydrogen-bond acceptors (Lipinski definition) is 4. The highest BCUT2D eigenvalue weighted by molar-refractivity contribution is 7.89. The molecule has 0 spiro atoms. The third-order valence-corrected chi connectivity index (χ3v) is 3.34. The fourth-order valence-corrected chi connectivity index (χ4v) is 2.47. The van der Waals surface area contributed by atoms with E-state index in [1.807, 2.05) is 13.8 Å². The highest BCUT2D eigenvalue weighted by Gasteiger charge is 2.26. The van der Waals surface area contributed by atoms with Crippen LogP contribution in [0.1, 0.15) is 42.9 Å². The van der Waals surface area contributed by atoms with E-state index in [1.165, 1.54) is 0 Å². The minimum atomic E-state index is -3.97. The molecule has 0 aromatic carbocycles. The number of aromatic amines is 1. The number of nitrogens with zero attached hydrogens (tertiary/aromatic N) is 1. The number of aromatic nitrogens is 2. The lowest BCUT2D eigenvalue weighted by Crippen LogP contribution is -2.27. The maximum Gasteiger partial charge on any atom is 0.273 e. The molecule has 1 aromatic rings. The third-order valence-electron chi connectivity index (χ3n) is 2.33. The van der Waals surface area contributed by atoms with Crippen LogP contribution in [0.3, 0.4) is 0 Å². The Labute approximate surface area is 106 Å². The molecule has 0 saturated carbocycles. The van der Waals surface area contributed by atoms with E-state index in [2.05, 4.69) is 15.5 Å². The Morgan fingerprint density at radius 1 is 1.39 bits per heavy atom. The monoisotopic (exact) mass is 274 g/mol. The summed E-state index contributed by atoms with van der Waals surface area (Å²) in [5.41, 5.74) is 0.219. The molecule has 8 heteroatoms. The van der Waals surface area contributed by atoms with Crippen molar-refractivity contribution >= 4 is 15.9 Å². The van der Waals surface area contributed by atoms with E-state index >= 15 is 0 Å². The van der Waals surface area contributed by atoms with Crippen LogP contribution in [0.15, 0.2) is 4.90 Å². The zero-order valence-electron chi connectivity index (χ0n) is 10.5. The van der Waals surface area contributed by atoms with Gasteiger partial charge in [-0.3, -0.25) is 9.89 Å². The number of nitrogens with one attached hydrogen (secondary N) is 2. The number of carbonyl (C=O) groups excluding carboxylic acids is 1. The van der Waals surface area contributed by atoms with Gasteiger partial charge in [0.1, 0.15) is 4.90 Å². The van der Waals surface area contributed by atoms with Crippen molar-refractivity contribution in [2.24, 2.45) is 5.14 Å². The van der Waals surface area contributed by atoms with Gasteiger partial charge in [-0.2, -0.15) is 5.10 Å². The number of hydrogen-bond donors (Lipinski definition) is 3. The number of rotatable bonds is 6. The number of H-pyrrole nitrogens is 1. The van der Waals surface area contributed by atoms with Gasteiger partial charge in [-0.25, -0.2) is 13.6 Å². The molecule has 0 radical (unpaired) electrons. The first kappa shape index (κ1) is 14.7. The molecule has 0 atom stereocenters. The average Bonchev–Trinajstić information content (AvgIpc) is 2.70. The number of amides is 1. The van der Waals surface area contributed by atoms with Crippen LogP contribution in [0.2, 0.25) is 0 Å². The van der Waals surface area contributed by atoms with Gasteiger partial charge < -0.3 is 5.32 Å². The number of carbonyl (C=O) groups is 1. The second-order valence-electron chi connectivity index (χ2n) is 3.93. The Morgan fingerprint density at radius 2 is 2.06 bits per heavy atom. The quantitative estimate of drug-likeness (QED) is 0.684. The molecule has 0 bridgehead atoms. The summed E-state index contributed by atoms with van der Waals surface area (Å²) in [6, 6.07) is 0. The lowest BCUT2D eigenvalue weighted by molar-refractivity contribution is 0.0945. The molecule has 0 aliphatic rings. The van der Waals surface area contributed by atoms with Gasteiger partial charge in [-0.15, -0.1) is 0 Å². The number of sulfonamides is 1. The van der Waals surface area contributed by atoms with Gasteiger partial charge in [-0.05, 0) is 12.8 Å². The second kappa shape index (κ2) is 5.96. The smallest absolute Gasteiger partial charge is 0.273 e. The molecule has 4 N–H and O–H groups in total. The Bertz CT molecular complexity index is 521. The minimum Gasteiger partial charge on any atom is -0.351 e. The summed E-state index contributed by atoms with van der Waals surface area (Å²) in [6.07, 6.45) is 1.95. The predicted octanol–water partition coefficient (Wildman–Crippen LogP) is 0.149. The molecular formula is C10H18N4O3S. The van der Waals surface area contributed by atoms with Crippen LogP contribution >= 0.6 is 0 Å². The second-order valence-corrected chi connectivity index (χ2v) is 5.43. The standard InChI is InChI=1S/C10H18N4O3S/c1-3-5-7-9(18(11,16)17)8(14-13-7)10(15)12-6-4-2/h3-6H2,1-2H3,(H,12,15)(H,13,14)(H2,11,16,17). The molecule has 7 nitrogen and oxygen atoms in total. The Morgan fingerprint density at radius 3 is 2.56 bits per heavy atom. The van der Waals surface area contributed by atoms with E-state index in [0.29, 0.717) is 18.7 Å². The minimum absolute atomic E-state index is 0.158. The highest BCUT2D eigenvalue weighted by atomic mass is 32.2. The lowest BCUT2D eigenvalue weighted by atomic mass is 10.2. The van der Waals surface area contributed by atoms with Gasteiger partial charge in [0.2, 0.25) is 10.0 Å². The largest absolute Gasteiger partial charge is 0.351 e. The van der Waals surface area contributed by atoms with Crippen molar-refractivity contribution in [1.82, 2.24) is 15.5 Å². The summed E-state index contributed by atoms with van der Waals surface area (Å²) < 4.78 is 23.1. The van der Waals surface area contributed by atoms with E-state index in [4.69, 9.17) is 5.14 Å². The lowest BCUT2D eigenvalue weighted by Gasteiger charge is -2.03. The first-order chi connectivity index (χ1) is 8.41. The Kier molecular flexibility index (Phi) is 4.85. The Hall–Kier alpha value is -1.41. The van der Waals surface area contributed by atoms with Gasteiger partial charge in [0.05, 0.1) is 5.69 Å². The van der Waals surface area contributed by atoms with Crippen molar-refractivity contribution in [2.75, 3.05) is 6.54 Å². The summed E-state index contributed by atoms with van der Waals surface area (Å²) >= 11 is 0. The SMILES string of the molecule is CCCNC(=O)c1n[nH]c(CCC)c1S(N)(=O)=O. The molecule has 1 amide bonds. The van der Waals surface area contributed by atoms with Crippen LogP contribution in [-0.4, -0.2) is 31.1 Å². The third kappa shape index (κ3) is 3.30. The molecule has 102 valence electrons. The maximum atomic E-state index is 11.8. The number of aryl methyl sites for hydroxylation is 1. The van der Waals surface area contributed by atoms with E-state index < -0.39 is 15.9 Å². The van der Waals surface area contributed by atoms with Crippen molar-refractivity contribution in [3.63, 3.8) is 0 Å². The number of nitrogens with two attached hydrogens (primary N) is 1. The molecule has 1 aromatic heterocycles. The van der Waals surface area contributed by atoms with Crippen LogP contribution in [0, 0.1) is 0 Å². The van der Waals surface area contributed by atoms with E-state index in [1.54, 1.807) is 0 Å². The Balaban J connectivity index is 3.16. The van der Waals surface area contributed by atoms with Crippen molar-refractivity contribution < 1.29 is 13.2 Å². The van der Waals surface area contributed by atoms with Crippen LogP contribution < -0.4 is 10.5 Å². The van der Waals surface area contributed by atoms with Gasteiger partial charge in [0, 0.05) is 6.54 Å². The van der Waals surface area contributed by atoms with Crippen LogP contribution in [0.5, 0.6) is 0 Å². The zero-order valence-corrected chi connectivity index (χ0v) is 11.3. The van der Waals surface area contributed by atoms with Crippen molar-refractivity contribution in [3.8, 4) is 0 Å². The first-order valence-corrected chi connectivity index (χ1v) is 7.34. The molecule has 0 saturated heterocycles. The molecule has 1 heterocycles. The number of primary sulfonamides is 1. The van der Waals surface area contributed by atoms with E-state index in [9.17, 15) is 13.2 Å². The summed E-state index contributed by atoms with van der Waals surface area (Å²) in [5, 5.41) is 14.0. The van der Waals surface area contributed by atoms with Crippen LogP contribution in [0.4, 0.5) is 0 Å². The van der Waals surface area contributed by atoms with Gasteiger partial charge >= 0.3 is 0 Å². The molecule has 0 aliphatic carbocycles. The van der Waals surface area contributed by atoms with Crippen molar-refractivity contribution in [3.05, 3.63) is 11.4 Å². The topological polar surface area (TPSA) is 118 Å².